The number of hydrogen-bond acceptors (Lipinski definition) is 4. The molecule has 0 N–H and O–H groups in total. The minimum absolute atomic E-state index is 0.770. The van der Waals surface area contributed by atoms with Gasteiger partial charge >= 0.3 is 0 Å². The maximum Gasteiger partial charge on any atom is 0.161 e. The molecule has 0 aliphatic carbocycles. The Kier molecular flexibility index (Phi) is 3.12. The first kappa shape index (κ1) is 13.6. The molecule has 0 amide bonds. The Morgan fingerprint density at radius 3 is 2.61 bits per heavy atom. The summed E-state index contributed by atoms with van der Waals surface area (Å²) >= 11 is 0. The number of aromatic nitrogens is 3. The number of ether oxygens (including phenoxy) is 1. The predicted octanol–water partition coefficient (Wildman–Crippen LogP) is 3.90. The number of methoxy groups -OCH3 is 1. The molecular weight excluding hydrogens is 290 g/mol. The predicted molar refractivity (Wildman–Crippen MR) is 88.2 cm³/mol. The highest BCUT2D eigenvalue weighted by Crippen LogP contribution is 2.33. The van der Waals surface area contributed by atoms with E-state index in [1.54, 1.807) is 18.0 Å². The number of nitrogens with zero attached hydrogens (tertiary/aromatic N) is 3. The van der Waals surface area contributed by atoms with Crippen molar-refractivity contribution in [1.29, 1.82) is 0 Å². The topological polar surface area (TPSA) is 53.1 Å². The van der Waals surface area contributed by atoms with Crippen molar-refractivity contribution in [2.45, 2.75) is 0 Å². The summed E-state index contributed by atoms with van der Waals surface area (Å²) in [6.07, 6.45) is 5.58. The first-order valence-corrected chi connectivity index (χ1v) is 7.26. The molecule has 5 nitrogen and oxygen atoms in total. The molecule has 0 aliphatic heterocycles. The Morgan fingerprint density at radius 1 is 1.09 bits per heavy atom. The van der Waals surface area contributed by atoms with E-state index in [9.17, 15) is 0 Å². The molecule has 0 radical (unpaired) electrons. The van der Waals surface area contributed by atoms with Crippen LogP contribution >= 0.6 is 0 Å². The smallest absolute Gasteiger partial charge is 0.161 e. The monoisotopic (exact) mass is 305 g/mol. The van der Waals surface area contributed by atoms with E-state index in [0.717, 1.165) is 39.3 Å². The van der Waals surface area contributed by atoms with Crippen LogP contribution in [0.2, 0.25) is 0 Å². The van der Waals surface area contributed by atoms with Gasteiger partial charge in [0.05, 0.1) is 13.3 Å². The fourth-order valence-corrected chi connectivity index (χ4v) is 2.62. The molecule has 0 aliphatic rings. The van der Waals surface area contributed by atoms with E-state index in [-0.39, 0.29) is 0 Å². The van der Waals surface area contributed by atoms with Gasteiger partial charge in [0, 0.05) is 42.2 Å². The highest BCUT2D eigenvalue weighted by atomic mass is 16.5. The molecular formula is C18H15N3O2. The van der Waals surface area contributed by atoms with Crippen molar-refractivity contribution in [1.82, 2.24) is 14.8 Å². The van der Waals surface area contributed by atoms with E-state index in [1.807, 2.05) is 55.8 Å². The van der Waals surface area contributed by atoms with Crippen LogP contribution in [-0.4, -0.2) is 21.9 Å². The molecule has 0 fully saturated rings. The molecule has 114 valence electrons. The van der Waals surface area contributed by atoms with E-state index >= 15 is 0 Å². The molecule has 0 saturated heterocycles. The van der Waals surface area contributed by atoms with Gasteiger partial charge in [0.2, 0.25) is 0 Å². The lowest BCUT2D eigenvalue weighted by molar-refractivity contribution is 0.415. The fraction of sp³-hybridized carbons (Fsp3) is 0.111. The summed E-state index contributed by atoms with van der Waals surface area (Å²) in [7, 11) is 3.55. The molecule has 0 unspecified atom stereocenters. The number of pyridine rings is 1. The number of fused-ring (bicyclic) bond motifs is 1. The van der Waals surface area contributed by atoms with Crippen LogP contribution in [0, 0.1) is 0 Å². The summed E-state index contributed by atoms with van der Waals surface area (Å²) in [4.78, 5) is 4.41. The zero-order chi connectivity index (χ0) is 15.8. The number of rotatable bonds is 3. The van der Waals surface area contributed by atoms with Crippen molar-refractivity contribution >= 4 is 11.1 Å². The van der Waals surface area contributed by atoms with Crippen LogP contribution in [0.1, 0.15) is 0 Å². The normalized spacial score (nSPS) is 11.0. The van der Waals surface area contributed by atoms with Crippen LogP contribution in [-0.2, 0) is 7.05 Å². The van der Waals surface area contributed by atoms with Crippen LogP contribution in [0.25, 0.3) is 33.6 Å². The van der Waals surface area contributed by atoms with Gasteiger partial charge in [0.25, 0.3) is 0 Å². The van der Waals surface area contributed by atoms with Crippen LogP contribution < -0.4 is 4.74 Å². The number of aryl methyl sites for hydroxylation is 1. The van der Waals surface area contributed by atoms with Crippen molar-refractivity contribution in [3.05, 3.63) is 55.0 Å². The molecule has 0 spiro atoms. The second-order valence-electron chi connectivity index (χ2n) is 5.31. The van der Waals surface area contributed by atoms with Gasteiger partial charge in [-0.3, -0.25) is 9.67 Å². The third-order valence-electron chi connectivity index (χ3n) is 3.80. The van der Waals surface area contributed by atoms with Gasteiger partial charge in [-0.2, -0.15) is 5.10 Å². The van der Waals surface area contributed by atoms with Crippen molar-refractivity contribution in [3.8, 4) is 28.2 Å². The molecule has 1 aromatic carbocycles. The molecule has 4 aromatic rings. The molecule has 0 atom stereocenters. The van der Waals surface area contributed by atoms with E-state index in [0.29, 0.717) is 0 Å². The highest BCUT2D eigenvalue weighted by molar-refractivity contribution is 5.92. The standard InChI is InChI=1S/C18H15N3O2/c1-21-11-13(10-20-21)15-7-8-19-16-9-17(23-18(15)16)12-3-5-14(22-2)6-4-12/h3-11H,1-2H3. The molecule has 3 heterocycles. The molecule has 4 rings (SSSR count). The lowest BCUT2D eigenvalue weighted by Gasteiger charge is -2.00. The van der Waals surface area contributed by atoms with Gasteiger partial charge in [-0.15, -0.1) is 0 Å². The van der Waals surface area contributed by atoms with E-state index in [4.69, 9.17) is 9.15 Å². The highest BCUT2D eigenvalue weighted by Gasteiger charge is 2.13. The molecule has 23 heavy (non-hydrogen) atoms. The lowest BCUT2D eigenvalue weighted by atomic mass is 10.1. The Morgan fingerprint density at radius 2 is 1.91 bits per heavy atom. The Hall–Kier alpha value is -3.08. The minimum Gasteiger partial charge on any atom is -0.497 e. The third kappa shape index (κ3) is 2.36. The Labute approximate surface area is 133 Å². The van der Waals surface area contributed by atoms with Gasteiger partial charge in [-0.1, -0.05) is 0 Å². The van der Waals surface area contributed by atoms with E-state index in [1.165, 1.54) is 0 Å². The third-order valence-corrected chi connectivity index (χ3v) is 3.80. The molecule has 0 saturated carbocycles. The number of hydrogen-bond donors (Lipinski definition) is 0. The van der Waals surface area contributed by atoms with Gasteiger partial charge in [-0.05, 0) is 30.3 Å². The summed E-state index contributed by atoms with van der Waals surface area (Å²) in [5.74, 6) is 1.60. The second kappa shape index (κ2) is 5.28. The SMILES string of the molecule is COc1ccc(-c2cc3nccc(-c4cnn(C)c4)c3o2)cc1. The van der Waals surface area contributed by atoms with Gasteiger partial charge in [0.1, 0.15) is 17.0 Å². The number of benzene rings is 1. The largest absolute Gasteiger partial charge is 0.497 e. The summed E-state index contributed by atoms with van der Waals surface area (Å²) in [5.41, 5.74) is 4.59. The van der Waals surface area contributed by atoms with Crippen LogP contribution in [0.5, 0.6) is 5.75 Å². The summed E-state index contributed by atoms with van der Waals surface area (Å²) in [5, 5.41) is 4.22. The summed E-state index contributed by atoms with van der Waals surface area (Å²) in [6, 6.07) is 11.7. The molecule has 0 bridgehead atoms. The quantitative estimate of drug-likeness (QED) is 0.576. The summed E-state index contributed by atoms with van der Waals surface area (Å²) in [6.45, 7) is 0. The zero-order valence-electron chi connectivity index (χ0n) is 12.9. The fourth-order valence-electron chi connectivity index (χ4n) is 2.62. The molecule has 3 aromatic heterocycles. The first-order valence-electron chi connectivity index (χ1n) is 7.26. The van der Waals surface area contributed by atoms with Crippen LogP contribution in [0.15, 0.2) is 59.4 Å². The van der Waals surface area contributed by atoms with Crippen LogP contribution in [0.3, 0.4) is 0 Å². The summed E-state index contributed by atoms with van der Waals surface area (Å²) < 4.78 is 13.0. The zero-order valence-corrected chi connectivity index (χ0v) is 12.9. The maximum absolute atomic E-state index is 6.08. The first-order chi connectivity index (χ1) is 11.2. The van der Waals surface area contributed by atoms with E-state index in [2.05, 4.69) is 10.1 Å². The van der Waals surface area contributed by atoms with Crippen molar-refractivity contribution in [2.24, 2.45) is 7.05 Å². The average molecular weight is 305 g/mol. The Bertz CT molecular complexity index is 968. The van der Waals surface area contributed by atoms with Gasteiger partial charge < -0.3 is 9.15 Å². The van der Waals surface area contributed by atoms with E-state index < -0.39 is 0 Å². The number of furan rings is 1. The molecule has 5 heteroatoms. The van der Waals surface area contributed by atoms with Crippen LogP contribution in [0.4, 0.5) is 0 Å². The Balaban J connectivity index is 1.84. The van der Waals surface area contributed by atoms with Crippen molar-refractivity contribution in [2.75, 3.05) is 7.11 Å². The van der Waals surface area contributed by atoms with Crippen molar-refractivity contribution < 1.29 is 9.15 Å². The van der Waals surface area contributed by atoms with Gasteiger partial charge in [-0.25, -0.2) is 0 Å². The minimum atomic E-state index is 0.770. The maximum atomic E-state index is 6.08. The van der Waals surface area contributed by atoms with Gasteiger partial charge in [0.15, 0.2) is 5.58 Å². The van der Waals surface area contributed by atoms with Crippen molar-refractivity contribution in [3.63, 3.8) is 0 Å². The average Bonchev–Trinajstić information content (AvgIpc) is 3.20. The lowest BCUT2D eigenvalue weighted by Crippen LogP contribution is -1.84. The second-order valence-corrected chi connectivity index (χ2v) is 5.31.